The molecular formula is C11H21NO4. The van der Waals surface area contributed by atoms with Crippen molar-refractivity contribution in [3.63, 3.8) is 0 Å². The van der Waals surface area contributed by atoms with Gasteiger partial charge in [0, 0.05) is 12.6 Å². The zero-order valence-electron chi connectivity index (χ0n) is 10.1. The van der Waals surface area contributed by atoms with Gasteiger partial charge in [-0.05, 0) is 27.3 Å². The first-order valence-corrected chi connectivity index (χ1v) is 5.54. The molecule has 0 radical (unpaired) electrons. The lowest BCUT2D eigenvalue weighted by molar-refractivity contribution is -0.143. The maximum Gasteiger partial charge on any atom is 0.310 e. The lowest BCUT2D eigenvalue weighted by atomic mass is 10.0. The second kappa shape index (κ2) is 5.12. The van der Waals surface area contributed by atoms with Crippen LogP contribution in [0.5, 0.6) is 0 Å². The van der Waals surface area contributed by atoms with Crippen molar-refractivity contribution in [3.8, 4) is 0 Å². The predicted molar refractivity (Wildman–Crippen MR) is 59.3 cm³/mol. The highest BCUT2D eigenvalue weighted by Crippen LogP contribution is 2.20. The Bertz CT molecular complexity index is 249. The lowest BCUT2D eigenvalue weighted by Gasteiger charge is -2.28. The quantitative estimate of drug-likeness (QED) is 0.706. The molecule has 1 rings (SSSR count). The first-order chi connectivity index (χ1) is 7.31. The second-order valence-corrected chi connectivity index (χ2v) is 5.09. The number of hydrogen-bond donors (Lipinski definition) is 2. The van der Waals surface area contributed by atoms with Crippen LogP contribution in [-0.4, -0.2) is 59.5 Å². The van der Waals surface area contributed by atoms with Crippen molar-refractivity contribution in [2.75, 3.05) is 26.8 Å². The molecule has 5 nitrogen and oxygen atoms in total. The van der Waals surface area contributed by atoms with Gasteiger partial charge in [-0.3, -0.25) is 4.79 Å². The summed E-state index contributed by atoms with van der Waals surface area (Å²) in [6, 6.07) is -0.0835. The Labute approximate surface area is 96.0 Å². The van der Waals surface area contributed by atoms with Gasteiger partial charge in [0.15, 0.2) is 0 Å². The summed E-state index contributed by atoms with van der Waals surface area (Å²) in [5, 5.41) is 18.6. The van der Waals surface area contributed by atoms with E-state index in [1.54, 1.807) is 13.8 Å². The fraction of sp³-hybridized carbons (Fsp3) is 0.909. The smallest absolute Gasteiger partial charge is 0.310 e. The number of nitrogens with zero attached hydrogens (tertiary/aromatic N) is 1. The van der Waals surface area contributed by atoms with Gasteiger partial charge in [0.2, 0.25) is 0 Å². The zero-order valence-corrected chi connectivity index (χ0v) is 10.1. The van der Waals surface area contributed by atoms with Crippen LogP contribution in [0.4, 0.5) is 0 Å². The van der Waals surface area contributed by atoms with Crippen molar-refractivity contribution >= 4 is 5.97 Å². The number of aliphatic carboxylic acids is 1. The second-order valence-electron chi connectivity index (χ2n) is 5.09. The summed E-state index contributed by atoms with van der Waals surface area (Å²) in [7, 11) is 1.88. The number of hydrogen-bond acceptors (Lipinski definition) is 4. The Morgan fingerprint density at radius 2 is 2.12 bits per heavy atom. The Kier molecular flexibility index (Phi) is 4.29. The summed E-state index contributed by atoms with van der Waals surface area (Å²) in [5.41, 5.74) is -0.716. The molecule has 0 aromatic rings. The van der Waals surface area contributed by atoms with E-state index in [0.29, 0.717) is 19.6 Å². The Balaban J connectivity index is 2.47. The molecule has 1 fully saturated rings. The molecule has 0 aromatic heterocycles. The molecular weight excluding hydrogens is 210 g/mol. The molecule has 16 heavy (non-hydrogen) atoms. The molecule has 0 aliphatic carbocycles. The summed E-state index contributed by atoms with van der Waals surface area (Å²) in [5.74, 6) is -1.26. The molecule has 1 heterocycles. The fourth-order valence-electron chi connectivity index (χ4n) is 1.83. The SMILES string of the molecule is CN(CCC(C)(C)O)C1COCC1C(=O)O. The van der Waals surface area contributed by atoms with Crippen molar-refractivity contribution in [1.82, 2.24) is 4.90 Å². The summed E-state index contributed by atoms with van der Waals surface area (Å²) in [6.07, 6.45) is 0.617. The van der Waals surface area contributed by atoms with Gasteiger partial charge < -0.3 is 19.8 Å². The predicted octanol–water partition coefficient (Wildman–Crippen LogP) is 0.179. The molecule has 0 saturated carbocycles. The maximum absolute atomic E-state index is 11.0. The topological polar surface area (TPSA) is 70.0 Å². The van der Waals surface area contributed by atoms with Gasteiger partial charge in [0.1, 0.15) is 0 Å². The van der Waals surface area contributed by atoms with Crippen molar-refractivity contribution in [2.24, 2.45) is 5.92 Å². The number of rotatable bonds is 5. The number of likely N-dealkylation sites (N-methyl/N-ethyl adjacent to an activating group) is 1. The summed E-state index contributed by atoms with van der Waals surface area (Å²) >= 11 is 0. The highest BCUT2D eigenvalue weighted by Gasteiger charge is 2.36. The van der Waals surface area contributed by atoms with Crippen LogP contribution in [0.3, 0.4) is 0 Å². The fourth-order valence-corrected chi connectivity index (χ4v) is 1.83. The number of carboxylic acid groups (broad SMARTS) is 1. The summed E-state index contributed by atoms with van der Waals surface area (Å²) < 4.78 is 5.20. The molecule has 2 atom stereocenters. The van der Waals surface area contributed by atoms with E-state index in [2.05, 4.69) is 0 Å². The number of aliphatic hydroxyl groups is 1. The van der Waals surface area contributed by atoms with E-state index < -0.39 is 17.5 Å². The maximum atomic E-state index is 11.0. The van der Waals surface area contributed by atoms with Crippen LogP contribution in [0.1, 0.15) is 20.3 Å². The van der Waals surface area contributed by atoms with Crippen LogP contribution < -0.4 is 0 Å². The monoisotopic (exact) mass is 231 g/mol. The third-order valence-corrected chi connectivity index (χ3v) is 3.01. The standard InChI is InChI=1S/C11H21NO4/c1-11(2,15)4-5-12(3)9-7-16-6-8(9)10(13)14/h8-9,15H,4-7H2,1-3H3,(H,13,14). The van der Waals surface area contributed by atoms with Gasteiger partial charge in [-0.2, -0.15) is 0 Å². The largest absolute Gasteiger partial charge is 0.481 e. The van der Waals surface area contributed by atoms with E-state index in [9.17, 15) is 9.90 Å². The summed E-state index contributed by atoms with van der Waals surface area (Å²) in [4.78, 5) is 12.9. The first-order valence-electron chi connectivity index (χ1n) is 5.54. The third-order valence-electron chi connectivity index (χ3n) is 3.01. The van der Waals surface area contributed by atoms with Crippen molar-refractivity contribution in [3.05, 3.63) is 0 Å². The molecule has 0 spiro atoms. The number of carbonyl (C=O) groups is 1. The number of ether oxygens (including phenoxy) is 1. The van der Waals surface area contributed by atoms with Gasteiger partial charge in [-0.15, -0.1) is 0 Å². The van der Waals surface area contributed by atoms with Crippen LogP contribution >= 0.6 is 0 Å². The minimum absolute atomic E-state index is 0.0835. The van der Waals surface area contributed by atoms with Gasteiger partial charge in [-0.25, -0.2) is 0 Å². The van der Waals surface area contributed by atoms with E-state index in [1.165, 1.54) is 0 Å². The molecule has 5 heteroatoms. The molecule has 1 aliphatic rings. The Hall–Kier alpha value is -0.650. The van der Waals surface area contributed by atoms with Crippen LogP contribution in [0.25, 0.3) is 0 Å². The Morgan fingerprint density at radius 3 is 2.62 bits per heavy atom. The normalized spacial score (nSPS) is 26.3. The average Bonchev–Trinajstić information content (AvgIpc) is 2.61. The van der Waals surface area contributed by atoms with Gasteiger partial charge in [-0.1, -0.05) is 0 Å². The minimum Gasteiger partial charge on any atom is -0.481 e. The average molecular weight is 231 g/mol. The number of carboxylic acids is 1. The lowest BCUT2D eigenvalue weighted by Crippen LogP contribution is -2.42. The first kappa shape index (κ1) is 13.4. The van der Waals surface area contributed by atoms with E-state index in [1.807, 2.05) is 11.9 Å². The van der Waals surface area contributed by atoms with Crippen LogP contribution in [0, 0.1) is 5.92 Å². The zero-order chi connectivity index (χ0) is 12.3. The molecule has 1 aliphatic heterocycles. The van der Waals surface area contributed by atoms with Crippen LogP contribution in [0.2, 0.25) is 0 Å². The van der Waals surface area contributed by atoms with E-state index in [-0.39, 0.29) is 12.6 Å². The Morgan fingerprint density at radius 1 is 1.50 bits per heavy atom. The highest BCUT2D eigenvalue weighted by atomic mass is 16.5. The van der Waals surface area contributed by atoms with Crippen LogP contribution in [-0.2, 0) is 9.53 Å². The van der Waals surface area contributed by atoms with E-state index >= 15 is 0 Å². The molecule has 0 amide bonds. The highest BCUT2D eigenvalue weighted by molar-refractivity contribution is 5.71. The van der Waals surface area contributed by atoms with Gasteiger partial charge >= 0.3 is 5.97 Å². The van der Waals surface area contributed by atoms with Crippen molar-refractivity contribution in [2.45, 2.75) is 31.9 Å². The van der Waals surface area contributed by atoms with Gasteiger partial charge in [0.25, 0.3) is 0 Å². The van der Waals surface area contributed by atoms with Crippen molar-refractivity contribution in [1.29, 1.82) is 0 Å². The molecule has 94 valence electrons. The minimum atomic E-state index is -0.808. The third kappa shape index (κ3) is 3.73. The summed E-state index contributed by atoms with van der Waals surface area (Å²) in [6.45, 7) is 4.91. The molecule has 2 unspecified atom stereocenters. The molecule has 0 bridgehead atoms. The molecule has 0 aromatic carbocycles. The molecule has 2 N–H and O–H groups in total. The van der Waals surface area contributed by atoms with E-state index in [4.69, 9.17) is 9.84 Å². The van der Waals surface area contributed by atoms with Crippen molar-refractivity contribution < 1.29 is 19.7 Å². The van der Waals surface area contributed by atoms with E-state index in [0.717, 1.165) is 0 Å². The van der Waals surface area contributed by atoms with Gasteiger partial charge in [0.05, 0.1) is 24.7 Å². The molecule has 1 saturated heterocycles. The van der Waals surface area contributed by atoms with Crippen LogP contribution in [0.15, 0.2) is 0 Å².